The Morgan fingerprint density at radius 2 is 1.47 bits per heavy atom. The van der Waals surface area contributed by atoms with Crippen LogP contribution in [0.15, 0.2) is 72.8 Å². The molecule has 3 saturated heterocycles. The smallest absolute Gasteiger partial charge is 0.315 e. The molecule has 0 radical (unpaired) electrons. The van der Waals surface area contributed by atoms with Crippen molar-refractivity contribution < 1.29 is 19.4 Å². The van der Waals surface area contributed by atoms with Crippen LogP contribution in [0.1, 0.15) is 105 Å². The number of hydrogen-bond acceptors (Lipinski definition) is 6. The van der Waals surface area contributed by atoms with Crippen LogP contribution in [0.2, 0.25) is 0 Å². The zero-order valence-electron chi connectivity index (χ0n) is 31.3. The molecule has 8 nitrogen and oxygen atoms in total. The highest BCUT2D eigenvalue weighted by molar-refractivity contribution is 5.75. The highest BCUT2D eigenvalue weighted by Crippen LogP contribution is 2.55. The molecule has 3 N–H and O–H groups in total. The van der Waals surface area contributed by atoms with Gasteiger partial charge in [0.1, 0.15) is 0 Å². The molecule has 2 amide bonds. The van der Waals surface area contributed by atoms with Crippen molar-refractivity contribution in [3.05, 3.63) is 95.1 Å². The minimum absolute atomic E-state index is 0.00899. The van der Waals surface area contributed by atoms with E-state index >= 15 is 0 Å². The third kappa shape index (κ3) is 8.08. The lowest BCUT2D eigenvalue weighted by atomic mass is 9.53. The molecule has 3 aromatic rings. The maximum atomic E-state index is 13.2. The monoisotopic (exact) mass is 718 g/mol. The van der Waals surface area contributed by atoms with Gasteiger partial charge in [0.05, 0.1) is 18.8 Å². The Kier molecular flexibility index (Phi) is 10.3. The molecule has 4 saturated carbocycles. The molecule has 4 aliphatic carbocycles. The molecule has 4 unspecified atom stereocenters. The molecule has 3 aromatic carbocycles. The lowest BCUT2D eigenvalue weighted by Gasteiger charge is -2.56. The van der Waals surface area contributed by atoms with Crippen molar-refractivity contribution in [2.45, 2.75) is 114 Å². The topological polar surface area (TPSA) is 86.3 Å². The molecule has 282 valence electrons. The van der Waals surface area contributed by atoms with Crippen LogP contribution in [-0.2, 0) is 22.6 Å². The summed E-state index contributed by atoms with van der Waals surface area (Å²) < 4.78 is 13.6. The van der Waals surface area contributed by atoms with E-state index in [2.05, 4.69) is 81.1 Å². The quantitative estimate of drug-likeness (QED) is 0.188. The number of likely N-dealkylation sites (tertiary alicyclic amines) is 2. The van der Waals surface area contributed by atoms with Crippen LogP contribution in [-0.4, -0.2) is 71.3 Å². The van der Waals surface area contributed by atoms with Gasteiger partial charge in [0, 0.05) is 43.2 Å². The van der Waals surface area contributed by atoms with Crippen LogP contribution in [0.4, 0.5) is 4.79 Å². The highest BCUT2D eigenvalue weighted by Gasteiger charge is 2.51. The molecule has 4 atom stereocenters. The maximum absolute atomic E-state index is 13.2. The van der Waals surface area contributed by atoms with E-state index in [1.54, 1.807) is 0 Å². The summed E-state index contributed by atoms with van der Waals surface area (Å²) in [6.07, 6.45) is 13.0. The molecule has 7 fully saturated rings. The lowest BCUT2D eigenvalue weighted by Crippen LogP contribution is -2.61. The van der Waals surface area contributed by atoms with Crippen LogP contribution in [0.25, 0.3) is 11.1 Å². The average Bonchev–Trinajstić information content (AvgIpc) is 3.86. The lowest BCUT2D eigenvalue weighted by molar-refractivity contribution is -0.253. The molecule has 0 spiro atoms. The minimum Gasteiger partial charge on any atom is -0.392 e. The Morgan fingerprint density at radius 1 is 0.755 bits per heavy atom. The van der Waals surface area contributed by atoms with Gasteiger partial charge in [-0.3, -0.25) is 4.90 Å². The normalized spacial score (nSPS) is 32.7. The first-order valence-corrected chi connectivity index (χ1v) is 20.7. The number of nitrogens with one attached hydrogen (secondary N) is 2. The first-order chi connectivity index (χ1) is 26.0. The Hall–Kier alpha value is -3.27. The van der Waals surface area contributed by atoms with Crippen molar-refractivity contribution in [3.8, 4) is 11.1 Å². The van der Waals surface area contributed by atoms with E-state index in [0.29, 0.717) is 12.6 Å². The van der Waals surface area contributed by atoms with E-state index in [-0.39, 0.29) is 30.4 Å². The second-order valence-corrected chi connectivity index (χ2v) is 17.5. The summed E-state index contributed by atoms with van der Waals surface area (Å²) in [7, 11) is 0. The van der Waals surface area contributed by atoms with Crippen molar-refractivity contribution in [3.63, 3.8) is 0 Å². The Bertz CT molecular complexity index is 1690. The molecule has 4 bridgehead atoms. The highest BCUT2D eigenvalue weighted by atomic mass is 16.7. The fourth-order valence-corrected chi connectivity index (χ4v) is 11.4. The van der Waals surface area contributed by atoms with E-state index in [1.807, 2.05) is 12.1 Å². The molecule has 10 rings (SSSR count). The summed E-state index contributed by atoms with van der Waals surface area (Å²) in [5.74, 6) is 2.40. The number of carbonyl (C=O) groups excluding carboxylic acids is 1. The third-order valence-electron chi connectivity index (χ3n) is 13.5. The molecular weight excluding hydrogens is 661 g/mol. The van der Waals surface area contributed by atoms with Crippen molar-refractivity contribution in [1.29, 1.82) is 0 Å². The number of ether oxygens (including phenoxy) is 2. The number of benzene rings is 3. The summed E-state index contributed by atoms with van der Waals surface area (Å²) in [6.45, 7) is 6.21. The SMILES string of the molecule is O=C(NCc1cccc(-c2cccc(C3OC(CN4CCCC4CN4CCCC4)CC(c4ccc(CO)cc4)O3)c2)c1)NC12CC3CC(CC(C3)C1)C2. The van der Waals surface area contributed by atoms with Gasteiger partial charge in [0.15, 0.2) is 6.29 Å². The number of carbonyl (C=O) groups is 1. The van der Waals surface area contributed by atoms with Crippen LogP contribution >= 0.6 is 0 Å². The Morgan fingerprint density at radius 3 is 2.21 bits per heavy atom. The van der Waals surface area contributed by atoms with E-state index < -0.39 is 6.29 Å². The summed E-state index contributed by atoms with van der Waals surface area (Å²) in [5.41, 5.74) is 6.35. The minimum atomic E-state index is -0.492. The molecule has 7 aliphatic rings. The molecule has 8 heteroatoms. The number of rotatable bonds is 11. The van der Waals surface area contributed by atoms with Crippen molar-refractivity contribution >= 4 is 6.03 Å². The number of nitrogens with zero attached hydrogens (tertiary/aromatic N) is 2. The van der Waals surface area contributed by atoms with Crippen LogP contribution < -0.4 is 10.6 Å². The third-order valence-corrected chi connectivity index (χ3v) is 13.5. The van der Waals surface area contributed by atoms with Gasteiger partial charge in [-0.15, -0.1) is 0 Å². The van der Waals surface area contributed by atoms with Gasteiger partial charge in [-0.05, 0) is 142 Å². The van der Waals surface area contributed by atoms with Gasteiger partial charge in [-0.1, -0.05) is 60.7 Å². The first-order valence-electron chi connectivity index (χ1n) is 20.7. The predicted octanol–water partition coefficient (Wildman–Crippen LogP) is 7.72. The zero-order valence-corrected chi connectivity index (χ0v) is 31.3. The Balaban J connectivity index is 0.883. The average molecular weight is 719 g/mol. The molecular formula is C45H58N4O4. The fourth-order valence-electron chi connectivity index (χ4n) is 11.4. The van der Waals surface area contributed by atoms with E-state index in [0.717, 1.165) is 89.9 Å². The standard InChI is InChI=1S/C45H58N4O4/c50-30-31-11-13-36(14-12-31)42-23-41(29-49-17-5-10-40(49)28-48-15-1-2-16-48)52-43(53-42)39-9-4-8-38(22-39)37-7-3-6-32(21-37)27-46-44(51)47-45-24-33-18-34(25-45)20-35(19-33)26-45/h3-4,6-9,11-14,21-22,33-35,40-43,50H,1-2,5,10,15-20,23-30H2,(H2,46,47,51). The van der Waals surface area contributed by atoms with Gasteiger partial charge in [-0.25, -0.2) is 4.79 Å². The van der Waals surface area contributed by atoms with Gasteiger partial charge in [0.2, 0.25) is 0 Å². The van der Waals surface area contributed by atoms with Crippen LogP contribution in [0.5, 0.6) is 0 Å². The molecule has 3 heterocycles. The number of urea groups is 1. The van der Waals surface area contributed by atoms with E-state index in [1.165, 1.54) is 64.6 Å². The Labute approximate surface area is 315 Å². The van der Waals surface area contributed by atoms with E-state index in [9.17, 15) is 9.90 Å². The number of aliphatic hydroxyl groups excluding tert-OH is 1. The second-order valence-electron chi connectivity index (χ2n) is 17.5. The van der Waals surface area contributed by atoms with E-state index in [4.69, 9.17) is 9.47 Å². The largest absolute Gasteiger partial charge is 0.392 e. The van der Waals surface area contributed by atoms with Crippen molar-refractivity contribution in [2.75, 3.05) is 32.7 Å². The van der Waals surface area contributed by atoms with Crippen molar-refractivity contribution in [2.24, 2.45) is 17.8 Å². The molecule has 3 aliphatic heterocycles. The summed E-state index contributed by atoms with van der Waals surface area (Å²) in [6, 6.07) is 25.8. The maximum Gasteiger partial charge on any atom is 0.315 e. The molecule has 53 heavy (non-hydrogen) atoms. The first kappa shape index (κ1) is 35.4. The van der Waals surface area contributed by atoms with Crippen LogP contribution in [0, 0.1) is 17.8 Å². The molecule has 0 aromatic heterocycles. The number of aliphatic hydroxyl groups is 1. The zero-order chi connectivity index (χ0) is 35.8. The fraction of sp³-hybridized carbons (Fsp3) is 0.578. The van der Waals surface area contributed by atoms with Crippen molar-refractivity contribution in [1.82, 2.24) is 20.4 Å². The predicted molar refractivity (Wildman–Crippen MR) is 207 cm³/mol. The van der Waals surface area contributed by atoms with Gasteiger partial charge < -0.3 is 30.1 Å². The van der Waals surface area contributed by atoms with Gasteiger partial charge in [-0.2, -0.15) is 0 Å². The number of amides is 2. The van der Waals surface area contributed by atoms with Crippen LogP contribution in [0.3, 0.4) is 0 Å². The number of hydrogen-bond donors (Lipinski definition) is 3. The summed E-state index contributed by atoms with van der Waals surface area (Å²) in [5, 5.41) is 16.3. The summed E-state index contributed by atoms with van der Waals surface area (Å²) >= 11 is 0. The van der Waals surface area contributed by atoms with Gasteiger partial charge in [0.25, 0.3) is 0 Å². The second kappa shape index (κ2) is 15.5. The summed E-state index contributed by atoms with van der Waals surface area (Å²) in [4.78, 5) is 18.5. The van der Waals surface area contributed by atoms with Gasteiger partial charge >= 0.3 is 6.03 Å².